The standard InChI is InChI=1S/C11H10N2O5S/c1-19(16,17)6-9-12-10(18-13-9)7-2-4-8(5-3-7)11(14)15/h2-5H,6H2,1H3,(H,14,15). The fourth-order valence-corrected chi connectivity index (χ4v) is 2.01. The first-order valence-electron chi connectivity index (χ1n) is 5.19. The lowest BCUT2D eigenvalue weighted by Crippen LogP contribution is -2.02. The molecule has 2 aromatic rings. The summed E-state index contributed by atoms with van der Waals surface area (Å²) < 4.78 is 27.1. The highest BCUT2D eigenvalue weighted by Gasteiger charge is 2.13. The molecule has 0 spiro atoms. The highest BCUT2D eigenvalue weighted by Crippen LogP contribution is 2.18. The summed E-state index contributed by atoms with van der Waals surface area (Å²) in [4.78, 5) is 14.6. The highest BCUT2D eigenvalue weighted by atomic mass is 32.2. The van der Waals surface area contributed by atoms with Gasteiger partial charge < -0.3 is 9.63 Å². The van der Waals surface area contributed by atoms with Crippen molar-refractivity contribution in [1.82, 2.24) is 10.1 Å². The maximum absolute atomic E-state index is 11.1. The van der Waals surface area contributed by atoms with E-state index in [9.17, 15) is 13.2 Å². The molecule has 0 atom stereocenters. The number of carboxylic acid groups (broad SMARTS) is 1. The van der Waals surface area contributed by atoms with E-state index in [-0.39, 0.29) is 23.0 Å². The maximum atomic E-state index is 11.1. The number of sulfone groups is 1. The van der Waals surface area contributed by atoms with Crippen LogP contribution < -0.4 is 0 Å². The second-order valence-corrected chi connectivity index (χ2v) is 6.11. The predicted octanol–water partition coefficient (Wildman–Crippen LogP) is 0.979. The number of aromatic carboxylic acids is 1. The lowest BCUT2D eigenvalue weighted by Gasteiger charge is -1.95. The second kappa shape index (κ2) is 4.81. The Labute approximate surface area is 108 Å². The van der Waals surface area contributed by atoms with Crippen LogP contribution in [0, 0.1) is 0 Å². The Balaban J connectivity index is 2.25. The smallest absolute Gasteiger partial charge is 0.335 e. The molecule has 0 radical (unpaired) electrons. The van der Waals surface area contributed by atoms with E-state index in [1.165, 1.54) is 24.3 Å². The molecular formula is C11H10N2O5S. The van der Waals surface area contributed by atoms with Crippen molar-refractivity contribution < 1.29 is 22.8 Å². The van der Waals surface area contributed by atoms with Gasteiger partial charge in [0.15, 0.2) is 15.7 Å². The number of hydrogen-bond donors (Lipinski definition) is 1. The molecule has 1 N–H and O–H groups in total. The summed E-state index contributed by atoms with van der Waals surface area (Å²) in [7, 11) is -3.23. The normalized spacial score (nSPS) is 11.4. The second-order valence-electron chi connectivity index (χ2n) is 3.97. The molecule has 19 heavy (non-hydrogen) atoms. The van der Waals surface area contributed by atoms with Crippen molar-refractivity contribution in [2.75, 3.05) is 6.26 Å². The third kappa shape index (κ3) is 3.38. The van der Waals surface area contributed by atoms with Gasteiger partial charge in [0.1, 0.15) is 5.75 Å². The van der Waals surface area contributed by atoms with Crippen LogP contribution in [0.3, 0.4) is 0 Å². The lowest BCUT2D eigenvalue weighted by molar-refractivity contribution is 0.0697. The number of benzene rings is 1. The van der Waals surface area contributed by atoms with E-state index in [0.717, 1.165) is 6.26 Å². The third-order valence-electron chi connectivity index (χ3n) is 2.24. The summed E-state index contributed by atoms with van der Waals surface area (Å²) >= 11 is 0. The van der Waals surface area contributed by atoms with E-state index in [1.807, 2.05) is 0 Å². The van der Waals surface area contributed by atoms with E-state index in [4.69, 9.17) is 9.63 Å². The Morgan fingerprint density at radius 2 is 1.95 bits per heavy atom. The fourth-order valence-electron chi connectivity index (χ4n) is 1.42. The molecule has 1 aromatic heterocycles. The highest BCUT2D eigenvalue weighted by molar-refractivity contribution is 7.89. The molecular weight excluding hydrogens is 272 g/mol. The molecule has 1 heterocycles. The third-order valence-corrected chi connectivity index (χ3v) is 3.02. The molecule has 0 saturated heterocycles. The molecule has 1 aromatic carbocycles. The molecule has 0 aliphatic carbocycles. The summed E-state index contributed by atoms with van der Waals surface area (Å²) in [5, 5.41) is 12.3. The van der Waals surface area contributed by atoms with Crippen LogP contribution in [0.2, 0.25) is 0 Å². The summed E-state index contributed by atoms with van der Waals surface area (Å²) in [6.45, 7) is 0. The zero-order valence-corrected chi connectivity index (χ0v) is 10.7. The largest absolute Gasteiger partial charge is 0.478 e. The van der Waals surface area contributed by atoms with E-state index >= 15 is 0 Å². The minimum Gasteiger partial charge on any atom is -0.478 e. The van der Waals surface area contributed by atoms with Gasteiger partial charge in [0, 0.05) is 11.8 Å². The van der Waals surface area contributed by atoms with Gasteiger partial charge in [-0.25, -0.2) is 13.2 Å². The molecule has 0 aliphatic heterocycles. The van der Waals surface area contributed by atoms with Crippen LogP contribution in [-0.2, 0) is 15.6 Å². The van der Waals surface area contributed by atoms with Crippen LogP contribution in [0.5, 0.6) is 0 Å². The first-order chi connectivity index (χ1) is 8.85. The summed E-state index contributed by atoms with van der Waals surface area (Å²) in [6.07, 6.45) is 1.07. The first-order valence-corrected chi connectivity index (χ1v) is 7.25. The van der Waals surface area contributed by atoms with Crippen molar-refractivity contribution in [3.05, 3.63) is 35.7 Å². The average molecular weight is 282 g/mol. The summed E-state index contributed by atoms with van der Waals surface area (Å²) in [6, 6.07) is 5.83. The topological polar surface area (TPSA) is 110 Å². The zero-order valence-electron chi connectivity index (χ0n) is 9.90. The van der Waals surface area contributed by atoms with E-state index in [1.54, 1.807) is 0 Å². The van der Waals surface area contributed by atoms with Crippen molar-refractivity contribution in [2.24, 2.45) is 0 Å². The van der Waals surface area contributed by atoms with Gasteiger partial charge >= 0.3 is 5.97 Å². The van der Waals surface area contributed by atoms with E-state index < -0.39 is 15.8 Å². The number of hydrogen-bond acceptors (Lipinski definition) is 6. The van der Waals surface area contributed by atoms with Crippen LogP contribution in [0.4, 0.5) is 0 Å². The quantitative estimate of drug-likeness (QED) is 0.889. The molecule has 7 nitrogen and oxygen atoms in total. The van der Waals surface area contributed by atoms with Crippen molar-refractivity contribution >= 4 is 15.8 Å². The van der Waals surface area contributed by atoms with Crippen LogP contribution in [0.25, 0.3) is 11.5 Å². The fraction of sp³-hybridized carbons (Fsp3) is 0.182. The predicted molar refractivity (Wildman–Crippen MR) is 65.2 cm³/mol. The Morgan fingerprint density at radius 1 is 1.32 bits per heavy atom. The molecule has 0 bridgehead atoms. The molecule has 0 amide bonds. The van der Waals surface area contributed by atoms with Crippen LogP contribution in [0.15, 0.2) is 28.8 Å². The lowest BCUT2D eigenvalue weighted by atomic mass is 10.1. The zero-order chi connectivity index (χ0) is 14.0. The van der Waals surface area contributed by atoms with Crippen molar-refractivity contribution in [3.8, 4) is 11.5 Å². The number of carboxylic acids is 1. The number of nitrogens with zero attached hydrogens (tertiary/aromatic N) is 2. The molecule has 0 aliphatic rings. The summed E-state index contributed by atoms with van der Waals surface area (Å²) in [5.74, 6) is -1.12. The van der Waals surface area contributed by atoms with Crippen LogP contribution >= 0.6 is 0 Å². The van der Waals surface area contributed by atoms with Crippen molar-refractivity contribution in [1.29, 1.82) is 0 Å². The van der Waals surface area contributed by atoms with Gasteiger partial charge in [0.25, 0.3) is 5.89 Å². The maximum Gasteiger partial charge on any atom is 0.335 e. The number of rotatable bonds is 4. The molecule has 0 fully saturated rings. The monoisotopic (exact) mass is 282 g/mol. The molecule has 0 unspecified atom stereocenters. The van der Waals surface area contributed by atoms with Gasteiger partial charge in [-0.05, 0) is 24.3 Å². The van der Waals surface area contributed by atoms with E-state index in [2.05, 4.69) is 10.1 Å². The molecule has 0 saturated carbocycles. The molecule has 2 rings (SSSR count). The van der Waals surface area contributed by atoms with Crippen LogP contribution in [-0.4, -0.2) is 35.9 Å². The Bertz CT molecular complexity index is 703. The Morgan fingerprint density at radius 3 is 2.47 bits per heavy atom. The van der Waals surface area contributed by atoms with Gasteiger partial charge in [0.05, 0.1) is 5.56 Å². The van der Waals surface area contributed by atoms with Gasteiger partial charge in [-0.1, -0.05) is 5.16 Å². The van der Waals surface area contributed by atoms with Gasteiger partial charge in [0.2, 0.25) is 0 Å². The van der Waals surface area contributed by atoms with Crippen LogP contribution in [0.1, 0.15) is 16.2 Å². The Kier molecular flexibility index (Phi) is 3.34. The van der Waals surface area contributed by atoms with Gasteiger partial charge in [-0.15, -0.1) is 0 Å². The van der Waals surface area contributed by atoms with E-state index in [0.29, 0.717) is 5.56 Å². The van der Waals surface area contributed by atoms with Crippen molar-refractivity contribution in [2.45, 2.75) is 5.75 Å². The Hall–Kier alpha value is -2.22. The first kappa shape index (κ1) is 13.2. The number of carbonyl (C=O) groups is 1. The van der Waals surface area contributed by atoms with Gasteiger partial charge in [-0.2, -0.15) is 4.98 Å². The van der Waals surface area contributed by atoms with Gasteiger partial charge in [-0.3, -0.25) is 0 Å². The molecule has 8 heteroatoms. The van der Waals surface area contributed by atoms with Crippen molar-refractivity contribution in [3.63, 3.8) is 0 Å². The number of aromatic nitrogens is 2. The minimum absolute atomic E-state index is 0.0693. The summed E-state index contributed by atoms with van der Waals surface area (Å²) in [5.41, 5.74) is 0.664. The molecule has 100 valence electrons. The SMILES string of the molecule is CS(=O)(=O)Cc1noc(-c2ccc(C(=O)O)cc2)n1. The minimum atomic E-state index is -3.23. The average Bonchev–Trinajstić information content (AvgIpc) is 2.75.